The van der Waals surface area contributed by atoms with Gasteiger partial charge in [0.1, 0.15) is 12.2 Å². The maximum atomic E-state index is 17.4. The number of hydrogen-bond acceptors (Lipinski definition) is 9. The summed E-state index contributed by atoms with van der Waals surface area (Å²) in [6.45, 7) is 4.78. The van der Waals surface area contributed by atoms with E-state index in [2.05, 4.69) is 9.59 Å². The number of ether oxygens (including phenoxy) is 1. The van der Waals surface area contributed by atoms with Crippen LogP contribution in [0.4, 0.5) is 13.2 Å². The van der Waals surface area contributed by atoms with Crippen LogP contribution >= 0.6 is 23.3 Å². The zero-order valence-corrected chi connectivity index (χ0v) is 22.1. The second-order valence-corrected chi connectivity index (χ2v) is 12.4. The van der Waals surface area contributed by atoms with Crippen molar-refractivity contribution in [1.82, 2.24) is 9.59 Å². The van der Waals surface area contributed by atoms with Crippen LogP contribution in [0.5, 0.6) is 0 Å². The van der Waals surface area contributed by atoms with Crippen LogP contribution in [0.2, 0.25) is 0 Å². The van der Waals surface area contributed by atoms with Crippen molar-refractivity contribution in [3.8, 4) is 0 Å². The molecule has 0 radical (unpaired) electrons. The van der Waals surface area contributed by atoms with Crippen LogP contribution in [-0.2, 0) is 14.3 Å². The number of aliphatic hydroxyl groups excluding tert-OH is 1. The summed E-state index contributed by atoms with van der Waals surface area (Å²) < 4.78 is 56.0. The van der Waals surface area contributed by atoms with Crippen LogP contribution in [0.3, 0.4) is 0 Å². The minimum Gasteiger partial charge on any atom is -0.444 e. The van der Waals surface area contributed by atoms with E-state index in [1.807, 2.05) is 0 Å². The smallest absolute Gasteiger partial charge is 0.360 e. The van der Waals surface area contributed by atoms with E-state index in [4.69, 9.17) is 4.74 Å². The number of esters is 1. The second-order valence-electron chi connectivity index (χ2n) is 11.0. The fourth-order valence-corrected chi connectivity index (χ4v) is 9.04. The Morgan fingerprint density at radius 3 is 2.68 bits per heavy atom. The zero-order valence-electron chi connectivity index (χ0n) is 20.4. The zero-order chi connectivity index (χ0) is 27.0. The molecule has 1 N–H and O–H groups in total. The molecule has 0 aromatic carbocycles. The van der Waals surface area contributed by atoms with Gasteiger partial charge in [0.15, 0.2) is 22.7 Å². The molecule has 3 fully saturated rings. The van der Waals surface area contributed by atoms with Gasteiger partial charge in [-0.2, -0.15) is 0 Å². The highest BCUT2D eigenvalue weighted by Crippen LogP contribution is 2.72. The van der Waals surface area contributed by atoms with Crippen molar-refractivity contribution in [1.29, 1.82) is 0 Å². The maximum Gasteiger partial charge on any atom is 0.360 e. The van der Waals surface area contributed by atoms with Gasteiger partial charge in [0, 0.05) is 28.0 Å². The lowest BCUT2D eigenvalue weighted by atomic mass is 9.44. The van der Waals surface area contributed by atoms with Crippen molar-refractivity contribution in [2.45, 2.75) is 63.6 Å². The summed E-state index contributed by atoms with van der Waals surface area (Å²) in [4.78, 5) is 38.7. The molecule has 9 atom stereocenters. The van der Waals surface area contributed by atoms with Gasteiger partial charge in [-0.15, -0.1) is 5.10 Å². The molecule has 4 aliphatic carbocycles. The number of allylic oxidation sites excluding steroid dienone is 4. The van der Waals surface area contributed by atoms with Gasteiger partial charge < -0.3 is 9.84 Å². The van der Waals surface area contributed by atoms with Crippen molar-refractivity contribution < 1.29 is 37.4 Å². The number of nitrogens with zero attached hydrogens (tertiary/aromatic N) is 2. The van der Waals surface area contributed by atoms with E-state index in [9.17, 15) is 23.9 Å². The monoisotopic (exact) mass is 556 g/mol. The molecule has 1 heterocycles. The lowest BCUT2D eigenvalue weighted by Gasteiger charge is -2.63. The van der Waals surface area contributed by atoms with E-state index in [1.165, 1.54) is 24.5 Å². The lowest BCUT2D eigenvalue weighted by molar-refractivity contribution is -0.221. The fourth-order valence-electron chi connectivity index (χ4n) is 7.83. The van der Waals surface area contributed by atoms with Crippen molar-refractivity contribution in [2.75, 3.05) is 6.01 Å². The number of thioether (sulfide) groups is 1. The minimum atomic E-state index is -2.35. The standard InChI is InChI=1S/C25H27F3N2O5S2/c1-12-6-14-15-8-17(27)16-7-13(31)4-5-22(16,2)24(15,28)19(32)9-23(14,3)25(12,21(34)36-11-26)35-20(33)18-10-37-30-29-18/h4-5,7,10,12,14-15,17,19,32H,6,8-9,11H2,1-3H3/t12?,14-,15-,17?,19?,22-,23-,24?,25?/m0/s1. The molecule has 0 spiro atoms. The highest BCUT2D eigenvalue weighted by Gasteiger charge is 2.78. The molecule has 37 heavy (non-hydrogen) atoms. The number of fused-ring (bicyclic) bond motifs is 5. The molecule has 200 valence electrons. The number of alkyl halides is 3. The number of ketones is 1. The summed E-state index contributed by atoms with van der Waals surface area (Å²) in [5, 5.41) is 15.8. The third kappa shape index (κ3) is 3.33. The number of carbonyl (C=O) groups is 3. The summed E-state index contributed by atoms with van der Waals surface area (Å²) >= 11 is 1.26. The first-order valence-corrected chi connectivity index (χ1v) is 13.9. The summed E-state index contributed by atoms with van der Waals surface area (Å²) in [6, 6.07) is -1.07. The number of aliphatic hydroxyl groups is 1. The lowest BCUT2D eigenvalue weighted by Crippen LogP contribution is -2.70. The molecule has 3 saturated carbocycles. The molecule has 1 aromatic heterocycles. The van der Waals surface area contributed by atoms with Crippen LogP contribution in [0.15, 0.2) is 29.2 Å². The Bertz CT molecular complexity index is 1210. The van der Waals surface area contributed by atoms with E-state index >= 15 is 8.78 Å². The SMILES string of the molecule is CC1C[C@H]2[C@@H]3CC(F)C4=CC(=O)C=C[C@]4(C)C3(F)C(O)C[C@]2(C)C1(OC(=O)c1csnn1)C(=O)SCF. The van der Waals surface area contributed by atoms with Gasteiger partial charge in [-0.1, -0.05) is 24.4 Å². The summed E-state index contributed by atoms with van der Waals surface area (Å²) in [5.74, 6) is -3.82. The first-order valence-electron chi connectivity index (χ1n) is 12.1. The molecular formula is C25H27F3N2O5S2. The van der Waals surface area contributed by atoms with Crippen LogP contribution < -0.4 is 0 Å². The van der Waals surface area contributed by atoms with E-state index < -0.39 is 75.0 Å². The largest absolute Gasteiger partial charge is 0.444 e. The minimum absolute atomic E-state index is 0.00904. The number of aromatic nitrogens is 2. The molecule has 0 saturated heterocycles. The first-order chi connectivity index (χ1) is 17.4. The maximum absolute atomic E-state index is 17.4. The quantitative estimate of drug-likeness (QED) is 0.551. The van der Waals surface area contributed by atoms with Gasteiger partial charge in [-0.3, -0.25) is 9.59 Å². The van der Waals surface area contributed by atoms with Crippen LogP contribution in [0.1, 0.15) is 50.5 Å². The molecule has 0 aliphatic heterocycles. The predicted molar refractivity (Wildman–Crippen MR) is 130 cm³/mol. The van der Waals surface area contributed by atoms with E-state index in [0.29, 0.717) is 11.8 Å². The Kier molecular flexibility index (Phi) is 6.27. The fraction of sp³-hybridized carbons (Fsp3) is 0.640. The number of hydrogen-bond donors (Lipinski definition) is 1. The third-order valence-electron chi connectivity index (χ3n) is 9.48. The molecule has 4 aliphatic rings. The number of rotatable bonds is 4. The number of carbonyl (C=O) groups excluding carboxylic acids is 3. The highest BCUT2D eigenvalue weighted by molar-refractivity contribution is 8.13. The van der Waals surface area contributed by atoms with Gasteiger partial charge in [0.05, 0.1) is 6.10 Å². The summed E-state index contributed by atoms with van der Waals surface area (Å²) in [5.41, 5.74) is -7.32. The Morgan fingerprint density at radius 1 is 1.30 bits per heavy atom. The summed E-state index contributed by atoms with van der Waals surface area (Å²) in [7, 11) is 0. The van der Waals surface area contributed by atoms with Crippen LogP contribution in [0, 0.1) is 28.6 Å². The molecular weight excluding hydrogens is 529 g/mol. The van der Waals surface area contributed by atoms with Gasteiger partial charge in [0.2, 0.25) is 5.12 Å². The predicted octanol–water partition coefficient (Wildman–Crippen LogP) is 4.19. The van der Waals surface area contributed by atoms with Gasteiger partial charge in [-0.25, -0.2) is 18.0 Å². The Morgan fingerprint density at radius 2 is 2.03 bits per heavy atom. The molecule has 5 rings (SSSR count). The van der Waals surface area contributed by atoms with E-state index in [0.717, 1.165) is 17.6 Å². The normalized spacial score (nSPS) is 44.5. The Labute approximate surface area is 220 Å². The van der Waals surface area contributed by atoms with E-state index in [-0.39, 0.29) is 30.5 Å². The highest BCUT2D eigenvalue weighted by atomic mass is 32.2. The van der Waals surface area contributed by atoms with Crippen molar-refractivity contribution >= 4 is 40.2 Å². The first kappa shape index (κ1) is 26.6. The summed E-state index contributed by atoms with van der Waals surface area (Å²) in [6.07, 6.45) is -0.128. The average Bonchev–Trinajstić information content (AvgIpc) is 3.45. The molecule has 5 unspecified atom stereocenters. The van der Waals surface area contributed by atoms with Gasteiger partial charge in [0.25, 0.3) is 0 Å². The van der Waals surface area contributed by atoms with Gasteiger partial charge in [-0.05, 0) is 73.1 Å². The average molecular weight is 557 g/mol. The van der Waals surface area contributed by atoms with E-state index in [1.54, 1.807) is 13.8 Å². The van der Waals surface area contributed by atoms with Crippen molar-refractivity contribution in [2.24, 2.45) is 28.6 Å². The Balaban J connectivity index is 1.64. The van der Waals surface area contributed by atoms with Gasteiger partial charge >= 0.3 is 5.97 Å². The number of halogens is 3. The van der Waals surface area contributed by atoms with Crippen LogP contribution in [0.25, 0.3) is 0 Å². The van der Waals surface area contributed by atoms with Crippen molar-refractivity contribution in [3.63, 3.8) is 0 Å². The third-order valence-corrected chi connectivity index (χ3v) is 10.7. The molecule has 0 bridgehead atoms. The van der Waals surface area contributed by atoms with Crippen LogP contribution in [-0.4, -0.2) is 61.1 Å². The second kappa shape index (κ2) is 8.74. The Hall–Kier alpha value is -2.05. The molecule has 7 nitrogen and oxygen atoms in total. The molecule has 0 amide bonds. The molecule has 12 heteroatoms. The molecule has 1 aromatic rings. The van der Waals surface area contributed by atoms with Crippen molar-refractivity contribution in [3.05, 3.63) is 34.9 Å². The topological polar surface area (TPSA) is 106 Å².